The molecule has 2 unspecified atom stereocenters. The van der Waals surface area contributed by atoms with Crippen LogP contribution in [0.4, 0.5) is 0 Å². The Bertz CT molecular complexity index is 275. The summed E-state index contributed by atoms with van der Waals surface area (Å²) in [6.45, 7) is 4.46. The highest BCUT2D eigenvalue weighted by Gasteiger charge is 2.41. The minimum atomic E-state index is -0.250. The number of hydrogen-bond acceptors (Lipinski definition) is 2. The third kappa shape index (κ3) is 2.41. The normalized spacial score (nSPS) is 35.8. The van der Waals surface area contributed by atoms with Crippen LogP contribution in [0.25, 0.3) is 0 Å². The molecule has 0 amide bonds. The van der Waals surface area contributed by atoms with Gasteiger partial charge in [0, 0.05) is 6.54 Å². The van der Waals surface area contributed by atoms with Gasteiger partial charge in [0.15, 0.2) is 0 Å². The Morgan fingerprint density at radius 1 is 1.40 bits per heavy atom. The maximum atomic E-state index is 9.34. The molecule has 2 aliphatic carbocycles. The van der Waals surface area contributed by atoms with E-state index in [9.17, 15) is 5.26 Å². The SMILES string of the molecule is C=CCNC1(C#N)CCCC(C2CC2)C1. The maximum Gasteiger partial charge on any atom is 0.107 e. The zero-order valence-electron chi connectivity index (χ0n) is 9.34. The molecule has 2 heteroatoms. The largest absolute Gasteiger partial charge is 0.296 e. The van der Waals surface area contributed by atoms with Crippen molar-refractivity contribution in [1.82, 2.24) is 5.32 Å². The molecule has 0 radical (unpaired) electrons. The Morgan fingerprint density at radius 3 is 2.80 bits per heavy atom. The van der Waals surface area contributed by atoms with Crippen molar-refractivity contribution >= 4 is 0 Å². The van der Waals surface area contributed by atoms with Gasteiger partial charge in [0.1, 0.15) is 5.54 Å². The van der Waals surface area contributed by atoms with E-state index < -0.39 is 0 Å². The summed E-state index contributed by atoms with van der Waals surface area (Å²) in [6.07, 6.45) is 9.26. The van der Waals surface area contributed by atoms with Crippen molar-refractivity contribution in [2.24, 2.45) is 11.8 Å². The molecule has 2 fully saturated rings. The molecule has 0 aromatic carbocycles. The summed E-state index contributed by atoms with van der Waals surface area (Å²) in [7, 11) is 0. The smallest absolute Gasteiger partial charge is 0.107 e. The first kappa shape index (κ1) is 10.7. The van der Waals surface area contributed by atoms with Crippen LogP contribution in [0.15, 0.2) is 12.7 Å². The molecule has 0 bridgehead atoms. The fourth-order valence-corrected chi connectivity index (χ4v) is 2.86. The Balaban J connectivity index is 1.97. The highest BCUT2D eigenvalue weighted by molar-refractivity contribution is 5.11. The van der Waals surface area contributed by atoms with Gasteiger partial charge >= 0.3 is 0 Å². The highest BCUT2D eigenvalue weighted by atomic mass is 15.0. The second kappa shape index (κ2) is 4.37. The van der Waals surface area contributed by atoms with Gasteiger partial charge in [-0.1, -0.05) is 12.5 Å². The monoisotopic (exact) mass is 204 g/mol. The Labute approximate surface area is 92.4 Å². The van der Waals surface area contributed by atoms with E-state index in [-0.39, 0.29) is 5.54 Å². The van der Waals surface area contributed by atoms with E-state index in [1.807, 2.05) is 6.08 Å². The summed E-state index contributed by atoms with van der Waals surface area (Å²) < 4.78 is 0. The van der Waals surface area contributed by atoms with E-state index >= 15 is 0 Å². The molecule has 0 saturated heterocycles. The van der Waals surface area contributed by atoms with E-state index in [1.54, 1.807) is 0 Å². The molecule has 2 aliphatic rings. The number of nitriles is 1. The van der Waals surface area contributed by atoms with Crippen LogP contribution in [0, 0.1) is 23.2 Å². The van der Waals surface area contributed by atoms with E-state index in [0.717, 1.165) is 31.2 Å². The van der Waals surface area contributed by atoms with Crippen molar-refractivity contribution in [2.45, 2.75) is 44.1 Å². The topological polar surface area (TPSA) is 35.8 Å². The van der Waals surface area contributed by atoms with E-state index in [4.69, 9.17) is 0 Å². The van der Waals surface area contributed by atoms with Gasteiger partial charge in [0.2, 0.25) is 0 Å². The fourth-order valence-electron chi connectivity index (χ4n) is 2.86. The Hall–Kier alpha value is -0.810. The molecule has 0 aromatic heterocycles. The lowest BCUT2D eigenvalue weighted by molar-refractivity contribution is 0.216. The first-order valence-corrected chi connectivity index (χ1v) is 6.07. The predicted molar refractivity (Wildman–Crippen MR) is 61.2 cm³/mol. The van der Waals surface area contributed by atoms with Gasteiger partial charge in [-0.25, -0.2) is 0 Å². The van der Waals surface area contributed by atoms with Crippen molar-refractivity contribution in [3.8, 4) is 6.07 Å². The minimum Gasteiger partial charge on any atom is -0.296 e. The summed E-state index contributed by atoms with van der Waals surface area (Å²) in [5.74, 6) is 1.74. The lowest BCUT2D eigenvalue weighted by atomic mass is 9.74. The fraction of sp³-hybridized carbons (Fsp3) is 0.769. The van der Waals surface area contributed by atoms with Crippen molar-refractivity contribution in [2.75, 3.05) is 6.54 Å². The lowest BCUT2D eigenvalue weighted by Crippen LogP contribution is -2.47. The molecule has 2 atom stereocenters. The molecule has 2 rings (SSSR count). The Morgan fingerprint density at radius 2 is 2.20 bits per heavy atom. The van der Waals surface area contributed by atoms with Crippen LogP contribution in [-0.4, -0.2) is 12.1 Å². The predicted octanol–water partition coefficient (Wildman–Crippen LogP) is 2.62. The molecule has 0 aliphatic heterocycles. The lowest BCUT2D eigenvalue weighted by Gasteiger charge is -2.36. The quantitative estimate of drug-likeness (QED) is 0.714. The van der Waals surface area contributed by atoms with Gasteiger partial charge in [0.05, 0.1) is 6.07 Å². The average molecular weight is 204 g/mol. The van der Waals surface area contributed by atoms with E-state index in [0.29, 0.717) is 0 Å². The summed E-state index contributed by atoms with van der Waals surface area (Å²) in [5.41, 5.74) is -0.250. The van der Waals surface area contributed by atoms with Gasteiger partial charge in [-0.3, -0.25) is 5.32 Å². The summed E-state index contributed by atoms with van der Waals surface area (Å²) >= 11 is 0. The summed E-state index contributed by atoms with van der Waals surface area (Å²) in [5, 5.41) is 12.7. The third-order valence-corrected chi connectivity index (χ3v) is 3.88. The zero-order valence-corrected chi connectivity index (χ0v) is 9.34. The molecule has 15 heavy (non-hydrogen) atoms. The van der Waals surface area contributed by atoms with Crippen LogP contribution in [0.5, 0.6) is 0 Å². The van der Waals surface area contributed by atoms with Gasteiger partial charge in [-0.05, 0) is 43.9 Å². The van der Waals surface area contributed by atoms with Gasteiger partial charge in [0.25, 0.3) is 0 Å². The van der Waals surface area contributed by atoms with Crippen LogP contribution < -0.4 is 5.32 Å². The van der Waals surface area contributed by atoms with Gasteiger partial charge in [-0.15, -0.1) is 6.58 Å². The number of nitrogens with zero attached hydrogens (tertiary/aromatic N) is 1. The molecule has 82 valence electrons. The molecular formula is C13H20N2. The van der Waals surface area contributed by atoms with Crippen LogP contribution in [-0.2, 0) is 0 Å². The van der Waals surface area contributed by atoms with Crippen LogP contribution in [0.2, 0.25) is 0 Å². The molecule has 0 aromatic rings. The standard InChI is InChI=1S/C13H20N2/c1-2-8-15-13(10-14)7-3-4-12(9-13)11-5-6-11/h2,11-12,15H,1,3-9H2. The van der Waals surface area contributed by atoms with E-state index in [1.165, 1.54) is 25.7 Å². The zero-order chi connectivity index (χ0) is 10.7. The summed E-state index contributed by atoms with van der Waals surface area (Å²) in [6, 6.07) is 2.51. The van der Waals surface area contributed by atoms with Crippen LogP contribution in [0.3, 0.4) is 0 Å². The minimum absolute atomic E-state index is 0.250. The number of nitrogens with one attached hydrogen (secondary N) is 1. The summed E-state index contributed by atoms with van der Waals surface area (Å²) in [4.78, 5) is 0. The second-order valence-corrected chi connectivity index (χ2v) is 5.06. The molecule has 0 spiro atoms. The van der Waals surface area contributed by atoms with Crippen LogP contribution >= 0.6 is 0 Å². The van der Waals surface area contributed by atoms with Crippen molar-refractivity contribution < 1.29 is 0 Å². The Kier molecular flexibility index (Phi) is 3.11. The van der Waals surface area contributed by atoms with Gasteiger partial charge in [-0.2, -0.15) is 5.26 Å². The third-order valence-electron chi connectivity index (χ3n) is 3.88. The first-order chi connectivity index (χ1) is 7.29. The highest BCUT2D eigenvalue weighted by Crippen LogP contribution is 2.46. The molecule has 0 heterocycles. The maximum absolute atomic E-state index is 9.34. The average Bonchev–Trinajstić information content (AvgIpc) is 3.11. The van der Waals surface area contributed by atoms with Crippen molar-refractivity contribution in [1.29, 1.82) is 5.26 Å². The first-order valence-electron chi connectivity index (χ1n) is 6.07. The van der Waals surface area contributed by atoms with Gasteiger partial charge < -0.3 is 0 Å². The second-order valence-electron chi connectivity index (χ2n) is 5.06. The molecule has 2 saturated carbocycles. The molecule has 2 nitrogen and oxygen atoms in total. The number of rotatable bonds is 4. The number of hydrogen-bond donors (Lipinski definition) is 1. The molecular weight excluding hydrogens is 184 g/mol. The van der Waals surface area contributed by atoms with Crippen LogP contribution in [0.1, 0.15) is 38.5 Å². The molecule has 1 N–H and O–H groups in total. The van der Waals surface area contributed by atoms with E-state index in [2.05, 4.69) is 18.0 Å². The van der Waals surface area contributed by atoms with Crippen molar-refractivity contribution in [3.05, 3.63) is 12.7 Å². The van der Waals surface area contributed by atoms with Crippen molar-refractivity contribution in [3.63, 3.8) is 0 Å².